The zero-order valence-corrected chi connectivity index (χ0v) is 12.2. The summed E-state index contributed by atoms with van der Waals surface area (Å²) >= 11 is 0. The molecule has 0 saturated heterocycles. The van der Waals surface area contributed by atoms with Crippen molar-refractivity contribution in [3.8, 4) is 0 Å². The maximum atomic E-state index is 13.9. The third-order valence-electron chi connectivity index (χ3n) is 2.71. The van der Waals surface area contributed by atoms with Gasteiger partial charge in [-0.15, -0.1) is 0 Å². The monoisotopic (exact) mass is 310 g/mol. The SMILES string of the molecule is CO[Si](OC)(OC)C(F)(F)CCCCCC(F)(F)F. The Kier molecular flexibility index (Phi) is 7.41. The van der Waals surface area contributed by atoms with E-state index in [0.29, 0.717) is 0 Å². The van der Waals surface area contributed by atoms with Gasteiger partial charge in [0.25, 0.3) is 0 Å². The van der Waals surface area contributed by atoms with Crippen LogP contribution < -0.4 is 0 Å². The van der Waals surface area contributed by atoms with Gasteiger partial charge in [0.15, 0.2) is 0 Å². The topological polar surface area (TPSA) is 27.7 Å². The summed E-state index contributed by atoms with van der Waals surface area (Å²) in [5.41, 5.74) is -3.32. The van der Waals surface area contributed by atoms with Crippen molar-refractivity contribution in [2.45, 2.75) is 43.8 Å². The number of hydrogen-bond acceptors (Lipinski definition) is 3. The van der Waals surface area contributed by atoms with E-state index < -0.39 is 33.4 Å². The molecule has 0 aromatic rings. The van der Waals surface area contributed by atoms with Crippen molar-refractivity contribution in [3.05, 3.63) is 0 Å². The Morgan fingerprint density at radius 3 is 1.53 bits per heavy atom. The molecule has 0 aromatic heterocycles. The van der Waals surface area contributed by atoms with Crippen molar-refractivity contribution in [2.24, 2.45) is 0 Å². The number of halogens is 5. The van der Waals surface area contributed by atoms with Crippen LogP contribution in [0.3, 0.4) is 0 Å². The number of rotatable bonds is 9. The molecule has 0 heterocycles. The molecule has 0 atom stereocenters. The fraction of sp³-hybridized carbons (Fsp3) is 1.00. The summed E-state index contributed by atoms with van der Waals surface area (Å²) in [6.45, 7) is 0. The van der Waals surface area contributed by atoms with Crippen LogP contribution >= 0.6 is 0 Å². The lowest BCUT2D eigenvalue weighted by atomic mass is 10.1. The molecule has 9 heteroatoms. The van der Waals surface area contributed by atoms with Crippen LogP contribution in [0.15, 0.2) is 0 Å². The van der Waals surface area contributed by atoms with Gasteiger partial charge in [0.05, 0.1) is 0 Å². The van der Waals surface area contributed by atoms with Gasteiger partial charge in [0.1, 0.15) is 0 Å². The van der Waals surface area contributed by atoms with E-state index in [2.05, 4.69) is 13.3 Å². The largest absolute Gasteiger partial charge is 0.573 e. The van der Waals surface area contributed by atoms with Crippen molar-refractivity contribution < 1.29 is 35.2 Å². The highest BCUT2D eigenvalue weighted by molar-refractivity contribution is 6.63. The van der Waals surface area contributed by atoms with Gasteiger partial charge < -0.3 is 13.3 Å². The summed E-state index contributed by atoms with van der Waals surface area (Å²) in [6.07, 6.45) is -5.97. The van der Waals surface area contributed by atoms with Crippen molar-refractivity contribution in [3.63, 3.8) is 0 Å². The van der Waals surface area contributed by atoms with E-state index in [1.54, 1.807) is 0 Å². The Bertz CT molecular complexity index is 248. The maximum absolute atomic E-state index is 13.9. The molecule has 0 spiro atoms. The summed E-state index contributed by atoms with van der Waals surface area (Å²) in [5, 5.41) is 0. The quantitative estimate of drug-likeness (QED) is 0.370. The highest BCUT2D eigenvalue weighted by Crippen LogP contribution is 2.34. The Hall–Kier alpha value is -0.253. The molecule has 0 unspecified atom stereocenters. The molecule has 0 aliphatic heterocycles. The molecule has 0 saturated carbocycles. The Labute approximate surface area is 110 Å². The molecule has 19 heavy (non-hydrogen) atoms. The molecule has 0 amide bonds. The van der Waals surface area contributed by atoms with E-state index >= 15 is 0 Å². The van der Waals surface area contributed by atoms with Gasteiger partial charge in [-0.3, -0.25) is 0 Å². The van der Waals surface area contributed by atoms with E-state index in [1.165, 1.54) is 0 Å². The fourth-order valence-electron chi connectivity index (χ4n) is 1.70. The van der Waals surface area contributed by atoms with Crippen molar-refractivity contribution >= 4 is 8.80 Å². The van der Waals surface area contributed by atoms with Gasteiger partial charge in [-0.1, -0.05) is 6.42 Å². The van der Waals surface area contributed by atoms with Crippen LogP contribution in [0.5, 0.6) is 0 Å². The van der Waals surface area contributed by atoms with E-state index in [-0.39, 0.29) is 19.3 Å². The standard InChI is InChI=1S/C10H19F5O3Si/c1-16-19(17-2,18-3)10(14,15)8-6-4-5-7-9(11,12)13/h4-8H2,1-3H3. The van der Waals surface area contributed by atoms with Crippen molar-refractivity contribution in [1.29, 1.82) is 0 Å². The summed E-state index contributed by atoms with van der Waals surface area (Å²) in [4.78, 5) is 0. The lowest BCUT2D eigenvalue weighted by Crippen LogP contribution is -2.59. The lowest BCUT2D eigenvalue weighted by molar-refractivity contribution is -0.135. The predicted molar refractivity (Wildman–Crippen MR) is 60.9 cm³/mol. The molecule has 0 aliphatic rings. The molecule has 0 rings (SSSR count). The minimum absolute atomic E-state index is 0.0477. The molecule has 0 bridgehead atoms. The molecule has 116 valence electrons. The maximum Gasteiger partial charge on any atom is 0.573 e. The van der Waals surface area contributed by atoms with Gasteiger partial charge in [-0.05, 0) is 12.8 Å². The van der Waals surface area contributed by atoms with Gasteiger partial charge >= 0.3 is 20.5 Å². The molecule has 0 N–H and O–H groups in total. The second-order valence-corrected chi connectivity index (χ2v) is 7.12. The minimum Gasteiger partial charge on any atom is -0.373 e. The van der Waals surface area contributed by atoms with E-state index in [9.17, 15) is 22.0 Å². The van der Waals surface area contributed by atoms with E-state index in [4.69, 9.17) is 0 Å². The molecular formula is C10H19F5O3Si. The lowest BCUT2D eigenvalue weighted by Gasteiger charge is -2.31. The van der Waals surface area contributed by atoms with Gasteiger partial charge in [-0.2, -0.15) is 13.2 Å². The summed E-state index contributed by atoms with van der Waals surface area (Å²) in [6, 6.07) is 0. The van der Waals surface area contributed by atoms with Crippen molar-refractivity contribution in [1.82, 2.24) is 0 Å². The average molecular weight is 310 g/mol. The Morgan fingerprint density at radius 1 is 0.737 bits per heavy atom. The minimum atomic E-state index is -4.24. The third-order valence-corrected chi connectivity index (χ3v) is 5.46. The molecule has 0 aromatic carbocycles. The second kappa shape index (κ2) is 7.51. The number of hydrogen-bond donors (Lipinski definition) is 0. The highest BCUT2D eigenvalue weighted by Gasteiger charge is 2.62. The first-order valence-electron chi connectivity index (χ1n) is 5.74. The first kappa shape index (κ1) is 18.7. The summed E-state index contributed by atoms with van der Waals surface area (Å²) in [7, 11) is -0.899. The summed E-state index contributed by atoms with van der Waals surface area (Å²) < 4.78 is 77.4. The van der Waals surface area contributed by atoms with Crippen LogP contribution in [0.2, 0.25) is 0 Å². The third kappa shape index (κ3) is 5.72. The zero-order valence-electron chi connectivity index (χ0n) is 11.2. The average Bonchev–Trinajstić information content (AvgIpc) is 2.29. The normalized spacial score (nSPS) is 13.9. The van der Waals surface area contributed by atoms with Gasteiger partial charge in [-0.25, -0.2) is 8.78 Å². The Morgan fingerprint density at radius 2 is 1.16 bits per heavy atom. The zero-order chi connectivity index (χ0) is 15.2. The van der Waals surface area contributed by atoms with Gasteiger partial charge in [0, 0.05) is 34.2 Å². The smallest absolute Gasteiger partial charge is 0.373 e. The number of alkyl halides is 5. The summed E-state index contributed by atoms with van der Waals surface area (Å²) in [5.74, 6) is 0. The molecular weight excluding hydrogens is 291 g/mol. The predicted octanol–water partition coefficient (Wildman–Crippen LogP) is 3.55. The highest BCUT2D eigenvalue weighted by atomic mass is 28.4. The molecule has 0 fully saturated rings. The van der Waals surface area contributed by atoms with Crippen LogP contribution in [-0.4, -0.2) is 41.9 Å². The second-order valence-electron chi connectivity index (χ2n) is 4.05. The first-order chi connectivity index (χ1) is 8.64. The molecule has 0 radical (unpaired) electrons. The van der Waals surface area contributed by atoms with Gasteiger partial charge in [0.2, 0.25) is 0 Å². The molecule has 0 aliphatic carbocycles. The van der Waals surface area contributed by atoms with Crippen LogP contribution in [0.1, 0.15) is 32.1 Å². The fourth-order valence-corrected chi connectivity index (χ4v) is 3.58. The van der Waals surface area contributed by atoms with E-state index in [0.717, 1.165) is 21.3 Å². The Balaban J connectivity index is 4.23. The van der Waals surface area contributed by atoms with Crippen LogP contribution in [0.4, 0.5) is 22.0 Å². The first-order valence-corrected chi connectivity index (χ1v) is 7.46. The van der Waals surface area contributed by atoms with Crippen LogP contribution in [0, 0.1) is 0 Å². The number of unbranched alkanes of at least 4 members (excludes halogenated alkanes) is 2. The molecule has 3 nitrogen and oxygen atoms in total. The van der Waals surface area contributed by atoms with Crippen molar-refractivity contribution in [2.75, 3.05) is 21.3 Å². The van der Waals surface area contributed by atoms with Crippen LogP contribution in [-0.2, 0) is 13.3 Å². The van der Waals surface area contributed by atoms with Crippen LogP contribution in [0.25, 0.3) is 0 Å². The van der Waals surface area contributed by atoms with E-state index in [1.807, 2.05) is 0 Å².